The molecule has 15 heavy (non-hydrogen) atoms. The fourth-order valence-corrected chi connectivity index (χ4v) is 2.15. The quantitative estimate of drug-likeness (QED) is 0.860. The molecule has 1 aromatic heterocycles. The summed E-state index contributed by atoms with van der Waals surface area (Å²) in [5.41, 5.74) is 2.45. The average Bonchev–Trinajstić information content (AvgIpc) is 2.70. The second-order valence-corrected chi connectivity index (χ2v) is 4.96. The van der Waals surface area contributed by atoms with Gasteiger partial charge in [0.15, 0.2) is 0 Å². The van der Waals surface area contributed by atoms with Crippen LogP contribution in [0.2, 0.25) is 0 Å². The third-order valence-corrected chi connectivity index (χ3v) is 3.18. The molecular weight excluding hydrogens is 323 g/mol. The van der Waals surface area contributed by atoms with Crippen molar-refractivity contribution >= 4 is 45.5 Å². The molecule has 0 atom stereocenters. The summed E-state index contributed by atoms with van der Waals surface area (Å²) in [5.74, 6) is -0.112. The summed E-state index contributed by atoms with van der Waals surface area (Å²) in [6, 6.07) is 7.66. The molecule has 1 amide bonds. The largest absolute Gasteiger partial charge is 0.321 e. The molecule has 1 aromatic carbocycles. The van der Waals surface area contributed by atoms with Gasteiger partial charge in [-0.3, -0.25) is 9.78 Å². The number of hydrogen-bond acceptors (Lipinski definition) is 3. The number of carbonyl (C=O) groups is 1. The van der Waals surface area contributed by atoms with E-state index < -0.39 is 0 Å². The van der Waals surface area contributed by atoms with Crippen LogP contribution in [-0.2, 0) is 0 Å². The normalized spacial score (nSPS) is 9.93. The van der Waals surface area contributed by atoms with Crippen molar-refractivity contribution in [3.05, 3.63) is 44.4 Å². The summed E-state index contributed by atoms with van der Waals surface area (Å²) < 4.78 is 1.09. The van der Waals surface area contributed by atoms with Crippen LogP contribution in [0, 0.1) is 3.57 Å². The molecule has 5 heteroatoms. The van der Waals surface area contributed by atoms with Crippen molar-refractivity contribution in [3.8, 4) is 0 Å². The van der Waals surface area contributed by atoms with E-state index in [1.165, 1.54) is 11.3 Å². The van der Waals surface area contributed by atoms with Crippen LogP contribution < -0.4 is 5.32 Å². The number of rotatable bonds is 2. The first-order chi connectivity index (χ1) is 7.25. The van der Waals surface area contributed by atoms with E-state index in [-0.39, 0.29) is 5.91 Å². The Morgan fingerprint density at radius 3 is 3.00 bits per heavy atom. The van der Waals surface area contributed by atoms with Crippen LogP contribution >= 0.6 is 33.9 Å². The van der Waals surface area contributed by atoms with Crippen LogP contribution in [0.3, 0.4) is 0 Å². The molecule has 1 heterocycles. The molecule has 3 nitrogen and oxygen atoms in total. The van der Waals surface area contributed by atoms with E-state index in [9.17, 15) is 4.79 Å². The number of benzene rings is 1. The van der Waals surface area contributed by atoms with Crippen LogP contribution in [0.25, 0.3) is 0 Å². The minimum atomic E-state index is -0.112. The predicted octanol–water partition coefficient (Wildman–Crippen LogP) is 3.00. The maximum absolute atomic E-state index is 11.6. The maximum Gasteiger partial charge on any atom is 0.267 e. The molecule has 0 unspecified atom stereocenters. The van der Waals surface area contributed by atoms with E-state index in [2.05, 4.69) is 32.9 Å². The Hall–Kier alpha value is -0.950. The molecule has 1 N–H and O–H groups in total. The van der Waals surface area contributed by atoms with Crippen molar-refractivity contribution in [2.24, 2.45) is 0 Å². The molecule has 0 aliphatic rings. The van der Waals surface area contributed by atoms with Gasteiger partial charge in [0, 0.05) is 9.26 Å². The first-order valence-corrected chi connectivity index (χ1v) is 6.17. The number of hydrogen-bond donors (Lipinski definition) is 1. The maximum atomic E-state index is 11.6. The van der Waals surface area contributed by atoms with Crippen molar-refractivity contribution < 1.29 is 4.79 Å². The molecule has 0 saturated heterocycles. The van der Waals surface area contributed by atoms with Gasteiger partial charge in [-0.2, -0.15) is 0 Å². The SMILES string of the molecule is O=C(Nc1cccc(I)c1)c1cncs1. The standard InChI is InChI=1S/C10H7IN2OS/c11-7-2-1-3-8(4-7)13-10(14)9-5-12-6-15-9/h1-6H,(H,13,14). The molecule has 0 spiro atoms. The lowest BCUT2D eigenvalue weighted by molar-refractivity contribution is 0.103. The molecule has 76 valence electrons. The summed E-state index contributed by atoms with van der Waals surface area (Å²) in [4.78, 5) is 16.1. The minimum Gasteiger partial charge on any atom is -0.321 e. The molecule has 0 aliphatic heterocycles. The molecule has 2 rings (SSSR count). The Morgan fingerprint density at radius 1 is 1.47 bits per heavy atom. The monoisotopic (exact) mass is 330 g/mol. The molecule has 2 aromatic rings. The lowest BCUT2D eigenvalue weighted by Gasteiger charge is -2.02. The van der Waals surface area contributed by atoms with Gasteiger partial charge in [-0.05, 0) is 40.8 Å². The van der Waals surface area contributed by atoms with Crippen molar-refractivity contribution in [1.82, 2.24) is 4.98 Å². The second kappa shape index (κ2) is 4.71. The number of carbonyl (C=O) groups excluding carboxylic acids is 1. The van der Waals surface area contributed by atoms with E-state index in [0.29, 0.717) is 4.88 Å². The third kappa shape index (κ3) is 2.75. The Bertz CT molecular complexity index is 470. The fraction of sp³-hybridized carbons (Fsp3) is 0. The van der Waals surface area contributed by atoms with Gasteiger partial charge in [0.1, 0.15) is 4.88 Å². The molecule has 0 radical (unpaired) electrons. The number of anilines is 1. The van der Waals surface area contributed by atoms with E-state index >= 15 is 0 Å². The number of aromatic nitrogens is 1. The zero-order chi connectivity index (χ0) is 10.7. The van der Waals surface area contributed by atoms with E-state index in [4.69, 9.17) is 0 Å². The topological polar surface area (TPSA) is 42.0 Å². The molecule has 0 saturated carbocycles. The van der Waals surface area contributed by atoms with Crippen LogP contribution in [0.15, 0.2) is 36.0 Å². The van der Waals surface area contributed by atoms with Crippen molar-refractivity contribution in [1.29, 1.82) is 0 Å². The fourth-order valence-electron chi connectivity index (χ4n) is 1.09. The molecule has 0 aliphatic carbocycles. The highest BCUT2D eigenvalue weighted by atomic mass is 127. The summed E-state index contributed by atoms with van der Waals surface area (Å²) in [6.45, 7) is 0. The summed E-state index contributed by atoms with van der Waals surface area (Å²) in [5, 5.41) is 2.81. The highest BCUT2D eigenvalue weighted by Gasteiger charge is 2.07. The summed E-state index contributed by atoms with van der Waals surface area (Å²) in [6.07, 6.45) is 1.56. The smallest absolute Gasteiger partial charge is 0.267 e. The summed E-state index contributed by atoms with van der Waals surface area (Å²) >= 11 is 3.53. The van der Waals surface area contributed by atoms with E-state index in [1.54, 1.807) is 11.7 Å². The van der Waals surface area contributed by atoms with Crippen LogP contribution in [0.5, 0.6) is 0 Å². The predicted molar refractivity (Wildman–Crippen MR) is 69.2 cm³/mol. The van der Waals surface area contributed by atoms with Gasteiger partial charge in [-0.1, -0.05) is 6.07 Å². The molecular formula is C10H7IN2OS. The van der Waals surface area contributed by atoms with Crippen LogP contribution in [0.4, 0.5) is 5.69 Å². The van der Waals surface area contributed by atoms with E-state index in [0.717, 1.165) is 9.26 Å². The second-order valence-electron chi connectivity index (χ2n) is 2.83. The van der Waals surface area contributed by atoms with Gasteiger partial charge < -0.3 is 5.32 Å². The van der Waals surface area contributed by atoms with Crippen LogP contribution in [-0.4, -0.2) is 10.9 Å². The third-order valence-electron chi connectivity index (χ3n) is 1.74. The van der Waals surface area contributed by atoms with Crippen molar-refractivity contribution in [2.75, 3.05) is 5.32 Å². The van der Waals surface area contributed by atoms with Gasteiger partial charge in [0.25, 0.3) is 5.91 Å². The Kier molecular flexibility index (Phi) is 3.32. The number of nitrogens with zero attached hydrogens (tertiary/aromatic N) is 1. The highest BCUT2D eigenvalue weighted by Crippen LogP contribution is 2.14. The zero-order valence-corrected chi connectivity index (χ0v) is 10.6. The van der Waals surface area contributed by atoms with Crippen molar-refractivity contribution in [2.45, 2.75) is 0 Å². The average molecular weight is 330 g/mol. The summed E-state index contributed by atoms with van der Waals surface area (Å²) in [7, 11) is 0. The van der Waals surface area contributed by atoms with Gasteiger partial charge >= 0.3 is 0 Å². The van der Waals surface area contributed by atoms with Gasteiger partial charge in [-0.15, -0.1) is 11.3 Å². The Labute approximate surface area is 105 Å². The minimum absolute atomic E-state index is 0.112. The lowest BCUT2D eigenvalue weighted by Crippen LogP contribution is -2.09. The molecule has 0 bridgehead atoms. The lowest BCUT2D eigenvalue weighted by atomic mass is 10.3. The van der Waals surface area contributed by atoms with Crippen LogP contribution in [0.1, 0.15) is 9.67 Å². The number of thiazole rings is 1. The van der Waals surface area contributed by atoms with Gasteiger partial charge in [-0.25, -0.2) is 0 Å². The van der Waals surface area contributed by atoms with Crippen molar-refractivity contribution in [3.63, 3.8) is 0 Å². The Balaban J connectivity index is 2.13. The highest BCUT2D eigenvalue weighted by molar-refractivity contribution is 14.1. The molecule has 0 fully saturated rings. The van der Waals surface area contributed by atoms with Gasteiger partial charge in [0.05, 0.1) is 11.7 Å². The Morgan fingerprint density at radius 2 is 2.33 bits per heavy atom. The zero-order valence-electron chi connectivity index (χ0n) is 7.61. The number of halogens is 1. The number of nitrogens with one attached hydrogen (secondary N) is 1. The van der Waals surface area contributed by atoms with E-state index in [1.807, 2.05) is 24.3 Å². The van der Waals surface area contributed by atoms with Gasteiger partial charge in [0.2, 0.25) is 0 Å². The first kappa shape index (κ1) is 10.6. The first-order valence-electron chi connectivity index (χ1n) is 4.21. The number of amides is 1.